The lowest BCUT2D eigenvalue weighted by molar-refractivity contribution is 0.188. The summed E-state index contributed by atoms with van der Waals surface area (Å²) in [6.07, 6.45) is 1.63. The molecule has 0 aliphatic rings. The number of aryl methyl sites for hydroxylation is 1. The van der Waals surface area contributed by atoms with Crippen LogP contribution in [0.5, 0.6) is 5.75 Å². The summed E-state index contributed by atoms with van der Waals surface area (Å²) in [6.45, 7) is 1.21. The number of benzene rings is 2. The highest BCUT2D eigenvalue weighted by molar-refractivity contribution is 5.80. The van der Waals surface area contributed by atoms with Gasteiger partial charge in [0.25, 0.3) is 5.56 Å². The molecule has 0 bridgehead atoms. The summed E-state index contributed by atoms with van der Waals surface area (Å²) in [6, 6.07) is 17.5. The van der Waals surface area contributed by atoms with Crippen LogP contribution in [0.2, 0.25) is 0 Å². The van der Waals surface area contributed by atoms with Crippen LogP contribution in [0.1, 0.15) is 11.1 Å². The molecular weight excluding hydrogens is 424 g/mol. The molecule has 33 heavy (non-hydrogen) atoms. The number of imidazole rings is 1. The lowest BCUT2D eigenvalue weighted by atomic mass is 10.2. The molecule has 0 saturated carbocycles. The van der Waals surface area contributed by atoms with Gasteiger partial charge < -0.3 is 14.0 Å². The van der Waals surface area contributed by atoms with E-state index < -0.39 is 11.2 Å². The third-order valence-corrected chi connectivity index (χ3v) is 5.03. The van der Waals surface area contributed by atoms with Crippen LogP contribution in [0.3, 0.4) is 0 Å². The predicted octanol–water partition coefficient (Wildman–Crippen LogP) is 2.09. The van der Waals surface area contributed by atoms with Crippen molar-refractivity contribution in [3.8, 4) is 5.75 Å². The van der Waals surface area contributed by atoms with Crippen molar-refractivity contribution in [2.24, 2.45) is 12.1 Å². The fourth-order valence-corrected chi connectivity index (χ4v) is 3.28. The molecule has 170 valence electrons. The number of nitrogens with zero attached hydrogens (tertiary/aromatic N) is 4. The van der Waals surface area contributed by atoms with Gasteiger partial charge in [0.05, 0.1) is 12.8 Å². The number of ether oxygens (including phenoxy) is 2. The molecule has 4 rings (SSSR count). The molecule has 0 atom stereocenters. The molecule has 10 heteroatoms. The molecule has 0 fully saturated rings. The number of H-pyrrole nitrogens is 1. The van der Waals surface area contributed by atoms with Crippen LogP contribution >= 0.6 is 0 Å². The van der Waals surface area contributed by atoms with Crippen molar-refractivity contribution >= 4 is 23.3 Å². The average Bonchev–Trinajstić information content (AvgIpc) is 3.20. The first-order valence-corrected chi connectivity index (χ1v) is 10.3. The van der Waals surface area contributed by atoms with Gasteiger partial charge in [-0.15, -0.1) is 0 Å². The first kappa shape index (κ1) is 22.0. The lowest BCUT2D eigenvalue weighted by Gasteiger charge is -2.07. The summed E-state index contributed by atoms with van der Waals surface area (Å²) < 4.78 is 13.8. The summed E-state index contributed by atoms with van der Waals surface area (Å²) in [5.74, 6) is 1.08. The van der Waals surface area contributed by atoms with E-state index in [9.17, 15) is 9.59 Å². The van der Waals surface area contributed by atoms with Crippen LogP contribution < -0.4 is 21.4 Å². The van der Waals surface area contributed by atoms with Gasteiger partial charge in [-0.3, -0.25) is 14.3 Å². The summed E-state index contributed by atoms with van der Waals surface area (Å²) in [5, 5.41) is 4.24. The second kappa shape index (κ2) is 9.96. The van der Waals surface area contributed by atoms with Crippen molar-refractivity contribution in [1.29, 1.82) is 0 Å². The standard InChI is InChI=1S/C23H24N6O4/c1-28-20-19(21(30)26-23(28)31)29(12-13-32-2)22(25-20)27-24-14-16-8-10-18(11-9-16)33-15-17-6-4-3-5-7-17/h3-11,14H,12-13,15H2,1-2H3,(H,25,27)(H,26,30,31)/b24-14-. The molecular formula is C23H24N6O4. The van der Waals surface area contributed by atoms with Crippen molar-refractivity contribution in [1.82, 2.24) is 19.1 Å². The number of hydrogen-bond donors (Lipinski definition) is 2. The van der Waals surface area contributed by atoms with Gasteiger partial charge in [-0.2, -0.15) is 10.1 Å². The summed E-state index contributed by atoms with van der Waals surface area (Å²) in [7, 11) is 3.11. The van der Waals surface area contributed by atoms with Crippen LogP contribution in [-0.2, 0) is 24.9 Å². The maximum Gasteiger partial charge on any atom is 0.329 e. The molecule has 0 aliphatic carbocycles. The van der Waals surface area contributed by atoms with E-state index in [0.717, 1.165) is 16.9 Å². The van der Waals surface area contributed by atoms with Crippen LogP contribution in [0.4, 0.5) is 5.95 Å². The highest BCUT2D eigenvalue weighted by Crippen LogP contribution is 2.16. The number of aromatic nitrogens is 4. The SMILES string of the molecule is COCCn1c(N/N=C\c2ccc(OCc3ccccc3)cc2)nc2c1c(=O)[nH]c(=O)n2C. The Bertz CT molecular complexity index is 1370. The van der Waals surface area contributed by atoms with Crippen LogP contribution in [0, 0.1) is 0 Å². The Hall–Kier alpha value is -4.18. The topological polar surface area (TPSA) is 116 Å². The molecule has 0 spiro atoms. The first-order valence-electron chi connectivity index (χ1n) is 10.3. The largest absolute Gasteiger partial charge is 0.489 e. The smallest absolute Gasteiger partial charge is 0.329 e. The van der Waals surface area contributed by atoms with E-state index in [4.69, 9.17) is 9.47 Å². The number of anilines is 1. The lowest BCUT2D eigenvalue weighted by Crippen LogP contribution is -2.29. The van der Waals surface area contributed by atoms with E-state index >= 15 is 0 Å². The molecule has 0 radical (unpaired) electrons. The van der Waals surface area contributed by atoms with Crippen molar-refractivity contribution in [3.05, 3.63) is 86.6 Å². The maximum absolute atomic E-state index is 12.4. The highest BCUT2D eigenvalue weighted by atomic mass is 16.5. The number of hydrogen-bond acceptors (Lipinski definition) is 7. The number of rotatable bonds is 9. The van der Waals surface area contributed by atoms with Crippen LogP contribution in [-0.4, -0.2) is 39.0 Å². The number of fused-ring (bicyclic) bond motifs is 1. The molecule has 2 N–H and O–H groups in total. The van der Waals surface area contributed by atoms with E-state index in [1.807, 2.05) is 54.6 Å². The van der Waals surface area contributed by atoms with Crippen LogP contribution in [0.15, 0.2) is 69.3 Å². The Balaban J connectivity index is 1.49. The normalized spacial score (nSPS) is 11.3. The Morgan fingerprint density at radius 1 is 1.12 bits per heavy atom. The minimum atomic E-state index is -0.534. The third kappa shape index (κ3) is 5.01. The summed E-state index contributed by atoms with van der Waals surface area (Å²) >= 11 is 0. The second-order valence-corrected chi connectivity index (χ2v) is 7.28. The van der Waals surface area contributed by atoms with E-state index in [-0.39, 0.29) is 11.2 Å². The van der Waals surface area contributed by atoms with Gasteiger partial charge in [0.2, 0.25) is 5.95 Å². The van der Waals surface area contributed by atoms with Gasteiger partial charge in [0, 0.05) is 20.7 Å². The van der Waals surface area contributed by atoms with Crippen molar-refractivity contribution in [2.45, 2.75) is 13.2 Å². The number of aromatic amines is 1. The van der Waals surface area contributed by atoms with Gasteiger partial charge in [-0.1, -0.05) is 30.3 Å². The molecule has 2 aromatic carbocycles. The third-order valence-electron chi connectivity index (χ3n) is 5.03. The van der Waals surface area contributed by atoms with Gasteiger partial charge in [0.1, 0.15) is 12.4 Å². The number of hydrazone groups is 1. The van der Waals surface area contributed by atoms with Gasteiger partial charge in [0.15, 0.2) is 11.2 Å². The van der Waals surface area contributed by atoms with Gasteiger partial charge >= 0.3 is 5.69 Å². The quantitative estimate of drug-likeness (QED) is 0.299. The predicted molar refractivity (Wildman–Crippen MR) is 126 cm³/mol. The minimum Gasteiger partial charge on any atom is -0.489 e. The number of methoxy groups -OCH3 is 1. The molecule has 0 aliphatic heterocycles. The maximum atomic E-state index is 12.4. The molecule has 10 nitrogen and oxygen atoms in total. The average molecular weight is 448 g/mol. The van der Waals surface area contributed by atoms with Crippen LogP contribution in [0.25, 0.3) is 11.2 Å². The monoisotopic (exact) mass is 448 g/mol. The molecule has 2 heterocycles. The van der Waals surface area contributed by atoms with E-state index in [2.05, 4.69) is 20.5 Å². The fourth-order valence-electron chi connectivity index (χ4n) is 3.28. The zero-order valence-electron chi connectivity index (χ0n) is 18.3. The molecule has 0 amide bonds. The summed E-state index contributed by atoms with van der Waals surface area (Å²) in [4.78, 5) is 31.0. The second-order valence-electron chi connectivity index (χ2n) is 7.28. The van der Waals surface area contributed by atoms with Gasteiger partial charge in [-0.25, -0.2) is 10.2 Å². The fraction of sp³-hybridized carbons (Fsp3) is 0.217. The van der Waals surface area contributed by atoms with Gasteiger partial charge in [-0.05, 0) is 35.4 Å². The minimum absolute atomic E-state index is 0.262. The molecule has 4 aromatic rings. The zero-order valence-corrected chi connectivity index (χ0v) is 18.3. The first-order chi connectivity index (χ1) is 16.1. The van der Waals surface area contributed by atoms with E-state index in [1.165, 1.54) is 4.57 Å². The van der Waals surface area contributed by atoms with E-state index in [0.29, 0.717) is 25.7 Å². The molecule has 0 saturated heterocycles. The Morgan fingerprint density at radius 2 is 1.88 bits per heavy atom. The molecule has 0 unspecified atom stereocenters. The number of nitrogens with one attached hydrogen (secondary N) is 2. The molecule has 2 aromatic heterocycles. The van der Waals surface area contributed by atoms with Crippen molar-refractivity contribution < 1.29 is 9.47 Å². The Kier molecular flexibility index (Phi) is 6.65. The summed E-state index contributed by atoms with van der Waals surface area (Å²) in [5.41, 5.74) is 4.29. The Morgan fingerprint density at radius 3 is 2.61 bits per heavy atom. The van der Waals surface area contributed by atoms with E-state index in [1.54, 1.807) is 24.9 Å². The highest BCUT2D eigenvalue weighted by Gasteiger charge is 2.16. The van der Waals surface area contributed by atoms with Crippen molar-refractivity contribution in [3.63, 3.8) is 0 Å². The van der Waals surface area contributed by atoms with Crippen molar-refractivity contribution in [2.75, 3.05) is 19.1 Å². The Labute approximate surface area is 189 Å². The zero-order chi connectivity index (χ0) is 23.2.